The van der Waals surface area contributed by atoms with Crippen LogP contribution in [0.5, 0.6) is 5.75 Å². The van der Waals surface area contributed by atoms with E-state index in [-0.39, 0.29) is 11.6 Å². The largest absolute Gasteiger partial charge is 0.489 e. The van der Waals surface area contributed by atoms with E-state index in [4.69, 9.17) is 9.72 Å². The molecule has 0 radical (unpaired) electrons. The van der Waals surface area contributed by atoms with E-state index in [0.717, 1.165) is 46.3 Å². The molecule has 1 atom stereocenters. The molecule has 1 aliphatic carbocycles. The van der Waals surface area contributed by atoms with Crippen molar-refractivity contribution in [2.75, 3.05) is 5.32 Å². The highest BCUT2D eigenvalue weighted by atomic mass is 16.5. The number of nitrogens with zero attached hydrogens (tertiary/aromatic N) is 1. The lowest BCUT2D eigenvalue weighted by atomic mass is 9.98. The van der Waals surface area contributed by atoms with Gasteiger partial charge in [-0.15, -0.1) is 0 Å². The predicted octanol–water partition coefficient (Wildman–Crippen LogP) is 5.26. The first-order valence-electron chi connectivity index (χ1n) is 9.60. The normalized spacial score (nSPS) is 14.7. The molecular formula is C23H24N2O3. The van der Waals surface area contributed by atoms with Crippen molar-refractivity contribution in [2.45, 2.75) is 45.8 Å². The highest BCUT2D eigenvalue weighted by molar-refractivity contribution is 5.94. The molecule has 28 heavy (non-hydrogen) atoms. The number of anilines is 1. The zero-order valence-corrected chi connectivity index (χ0v) is 16.3. The second-order valence-electron chi connectivity index (χ2n) is 7.53. The summed E-state index contributed by atoms with van der Waals surface area (Å²) in [6.07, 6.45) is 2.51. The monoisotopic (exact) mass is 376 g/mol. The van der Waals surface area contributed by atoms with Gasteiger partial charge in [0.25, 0.3) is 0 Å². The van der Waals surface area contributed by atoms with Gasteiger partial charge in [0.1, 0.15) is 5.75 Å². The van der Waals surface area contributed by atoms with Gasteiger partial charge in [-0.2, -0.15) is 0 Å². The summed E-state index contributed by atoms with van der Waals surface area (Å²) in [4.78, 5) is 16.3. The number of aryl methyl sites for hydroxylation is 2. The van der Waals surface area contributed by atoms with E-state index < -0.39 is 5.97 Å². The molecule has 0 bridgehead atoms. The number of benzene rings is 2. The molecule has 3 aromatic rings. The predicted molar refractivity (Wildman–Crippen MR) is 110 cm³/mol. The van der Waals surface area contributed by atoms with E-state index in [1.807, 2.05) is 26.8 Å². The van der Waals surface area contributed by atoms with E-state index in [1.165, 1.54) is 0 Å². The van der Waals surface area contributed by atoms with E-state index in [1.54, 1.807) is 18.2 Å². The smallest absolute Gasteiger partial charge is 0.337 e. The zero-order chi connectivity index (χ0) is 19.8. The summed E-state index contributed by atoms with van der Waals surface area (Å²) in [6.45, 7) is 6.06. The molecule has 1 saturated carbocycles. The van der Waals surface area contributed by atoms with Crippen molar-refractivity contribution in [3.8, 4) is 5.75 Å². The fourth-order valence-electron chi connectivity index (χ4n) is 3.48. The molecule has 0 unspecified atom stereocenters. The number of aromatic carboxylic acids is 1. The Morgan fingerprint density at radius 1 is 1.21 bits per heavy atom. The van der Waals surface area contributed by atoms with Crippen molar-refractivity contribution in [1.82, 2.24) is 4.98 Å². The van der Waals surface area contributed by atoms with Gasteiger partial charge in [0.15, 0.2) is 0 Å². The van der Waals surface area contributed by atoms with Crippen LogP contribution in [0.1, 0.15) is 53.0 Å². The molecule has 2 aromatic carbocycles. The van der Waals surface area contributed by atoms with Crippen LogP contribution in [0.25, 0.3) is 10.9 Å². The fourth-order valence-corrected chi connectivity index (χ4v) is 3.48. The van der Waals surface area contributed by atoms with Crippen LogP contribution in [-0.2, 0) is 0 Å². The molecule has 4 rings (SSSR count). The number of aromatic nitrogens is 1. The second kappa shape index (κ2) is 7.15. The maximum absolute atomic E-state index is 11.5. The number of pyridine rings is 1. The number of hydrogen-bond acceptors (Lipinski definition) is 4. The highest BCUT2D eigenvalue weighted by Crippen LogP contribution is 2.34. The first-order chi connectivity index (χ1) is 13.4. The van der Waals surface area contributed by atoms with Gasteiger partial charge in [-0.25, -0.2) is 9.78 Å². The number of para-hydroxylation sites is 1. The van der Waals surface area contributed by atoms with Crippen LogP contribution in [0.2, 0.25) is 0 Å². The van der Waals surface area contributed by atoms with E-state index in [2.05, 4.69) is 23.5 Å². The van der Waals surface area contributed by atoms with Gasteiger partial charge in [-0.05, 0) is 69.0 Å². The van der Waals surface area contributed by atoms with Crippen LogP contribution < -0.4 is 10.1 Å². The molecule has 2 N–H and O–H groups in total. The minimum Gasteiger partial charge on any atom is -0.489 e. The topological polar surface area (TPSA) is 71.5 Å². The SMILES string of the molecule is Cc1cc([C@@H](C)Nc2ccccc2C(=O)O)c2cc(OC3CC3)c(C)nc2c1. The third-order valence-corrected chi connectivity index (χ3v) is 5.07. The van der Waals surface area contributed by atoms with Crippen LogP contribution in [-0.4, -0.2) is 22.2 Å². The third kappa shape index (κ3) is 3.65. The molecule has 144 valence electrons. The Morgan fingerprint density at radius 2 is 1.96 bits per heavy atom. The molecule has 0 aliphatic heterocycles. The Labute approximate surface area is 164 Å². The van der Waals surface area contributed by atoms with Crippen LogP contribution in [0.15, 0.2) is 42.5 Å². The van der Waals surface area contributed by atoms with E-state index in [0.29, 0.717) is 11.8 Å². The summed E-state index contributed by atoms with van der Waals surface area (Å²) in [6, 6.07) is 13.1. The van der Waals surface area contributed by atoms with Crippen molar-refractivity contribution in [3.05, 3.63) is 64.8 Å². The summed E-state index contributed by atoms with van der Waals surface area (Å²) in [5.74, 6) is -0.111. The number of nitrogens with one attached hydrogen (secondary N) is 1. The lowest BCUT2D eigenvalue weighted by Gasteiger charge is -2.20. The molecule has 0 spiro atoms. The quantitative estimate of drug-likeness (QED) is 0.614. The Bertz CT molecular complexity index is 1060. The van der Waals surface area contributed by atoms with Gasteiger partial charge in [0, 0.05) is 17.1 Å². The Morgan fingerprint density at radius 3 is 2.68 bits per heavy atom. The van der Waals surface area contributed by atoms with Crippen LogP contribution >= 0.6 is 0 Å². The summed E-state index contributed by atoms with van der Waals surface area (Å²) < 4.78 is 6.04. The first-order valence-corrected chi connectivity index (χ1v) is 9.60. The first kappa shape index (κ1) is 18.3. The summed E-state index contributed by atoms with van der Waals surface area (Å²) in [5.41, 5.74) is 4.88. The molecule has 1 aliphatic rings. The molecule has 5 heteroatoms. The molecule has 1 fully saturated rings. The Hall–Kier alpha value is -3.08. The number of fused-ring (bicyclic) bond motifs is 1. The number of ether oxygens (including phenoxy) is 1. The van der Waals surface area contributed by atoms with Crippen LogP contribution in [0.3, 0.4) is 0 Å². The minimum absolute atomic E-state index is 0.0961. The van der Waals surface area contributed by atoms with Crippen LogP contribution in [0.4, 0.5) is 5.69 Å². The van der Waals surface area contributed by atoms with Gasteiger partial charge in [-0.3, -0.25) is 0 Å². The molecule has 0 amide bonds. The lowest BCUT2D eigenvalue weighted by Crippen LogP contribution is -2.11. The zero-order valence-electron chi connectivity index (χ0n) is 16.3. The molecule has 0 saturated heterocycles. The van der Waals surface area contributed by atoms with Gasteiger partial charge in [-0.1, -0.05) is 18.2 Å². The number of carboxylic acid groups (broad SMARTS) is 1. The maximum Gasteiger partial charge on any atom is 0.337 e. The van der Waals surface area contributed by atoms with Crippen molar-refractivity contribution < 1.29 is 14.6 Å². The van der Waals surface area contributed by atoms with Crippen molar-refractivity contribution in [3.63, 3.8) is 0 Å². The average molecular weight is 376 g/mol. The molecule has 1 heterocycles. The third-order valence-electron chi connectivity index (χ3n) is 5.07. The van der Waals surface area contributed by atoms with Gasteiger partial charge < -0.3 is 15.2 Å². The van der Waals surface area contributed by atoms with E-state index >= 15 is 0 Å². The summed E-state index contributed by atoms with van der Waals surface area (Å²) in [5, 5.41) is 13.8. The summed E-state index contributed by atoms with van der Waals surface area (Å²) in [7, 11) is 0. The fraction of sp³-hybridized carbons (Fsp3) is 0.304. The maximum atomic E-state index is 11.5. The molecular weight excluding hydrogens is 352 g/mol. The van der Waals surface area contributed by atoms with Gasteiger partial charge >= 0.3 is 5.97 Å². The van der Waals surface area contributed by atoms with Gasteiger partial charge in [0.05, 0.1) is 22.9 Å². The minimum atomic E-state index is -0.943. The highest BCUT2D eigenvalue weighted by Gasteiger charge is 2.25. The average Bonchev–Trinajstić information content (AvgIpc) is 3.46. The van der Waals surface area contributed by atoms with Gasteiger partial charge in [0.2, 0.25) is 0 Å². The number of hydrogen-bond donors (Lipinski definition) is 2. The van der Waals surface area contributed by atoms with Crippen molar-refractivity contribution >= 4 is 22.6 Å². The molecule has 1 aromatic heterocycles. The number of rotatable bonds is 6. The van der Waals surface area contributed by atoms with E-state index in [9.17, 15) is 9.90 Å². The summed E-state index contributed by atoms with van der Waals surface area (Å²) >= 11 is 0. The standard InChI is InChI=1S/C23H24N2O3/c1-13-10-18(14(2)24-20-7-5-4-6-17(20)23(26)27)19-12-22(28-16-8-9-16)15(3)25-21(19)11-13/h4-7,10-12,14,16,24H,8-9H2,1-3H3,(H,26,27)/t14-/m1/s1. The number of carboxylic acids is 1. The molecule has 5 nitrogen and oxygen atoms in total. The van der Waals surface area contributed by atoms with Crippen LogP contribution in [0, 0.1) is 13.8 Å². The second-order valence-corrected chi connectivity index (χ2v) is 7.53. The van der Waals surface area contributed by atoms with Crippen molar-refractivity contribution in [2.24, 2.45) is 0 Å². The lowest BCUT2D eigenvalue weighted by molar-refractivity contribution is 0.0698. The Kier molecular flexibility index (Phi) is 4.67. The Balaban J connectivity index is 1.75. The number of carbonyl (C=O) groups is 1. The van der Waals surface area contributed by atoms with Crippen molar-refractivity contribution in [1.29, 1.82) is 0 Å².